The van der Waals surface area contributed by atoms with Gasteiger partial charge < -0.3 is 24.3 Å². The lowest BCUT2D eigenvalue weighted by atomic mass is 10.1. The summed E-state index contributed by atoms with van der Waals surface area (Å²) in [6.45, 7) is 0. The maximum absolute atomic E-state index is 12.9. The third kappa shape index (κ3) is 4.96. The highest BCUT2D eigenvalue weighted by Gasteiger charge is 2.13. The van der Waals surface area contributed by atoms with Crippen LogP contribution in [0.4, 0.5) is 0 Å². The lowest BCUT2D eigenvalue weighted by Crippen LogP contribution is -2.14. The first-order valence-corrected chi connectivity index (χ1v) is 10.7. The van der Waals surface area contributed by atoms with Gasteiger partial charge in [-0.05, 0) is 65.7 Å². The van der Waals surface area contributed by atoms with Gasteiger partial charge in [0.05, 0.1) is 32.7 Å². The molecule has 0 fully saturated rings. The van der Waals surface area contributed by atoms with Crippen molar-refractivity contribution in [3.05, 3.63) is 94.5 Å². The Bertz CT molecular complexity index is 1420. The number of allylic oxidation sites excluding steroid dienone is 1. The molecule has 0 amide bonds. The molecule has 8 heteroatoms. The Kier molecular flexibility index (Phi) is 6.73. The number of ketones is 1. The second kappa shape index (κ2) is 10.0. The van der Waals surface area contributed by atoms with Gasteiger partial charge in [0.1, 0.15) is 5.75 Å². The molecule has 0 aliphatic rings. The predicted octanol–water partition coefficient (Wildman–Crippen LogP) is 4.46. The highest BCUT2D eigenvalue weighted by atomic mass is 16.5. The molecule has 0 aliphatic carbocycles. The van der Waals surface area contributed by atoms with Gasteiger partial charge in [0, 0.05) is 11.8 Å². The Morgan fingerprint density at radius 3 is 2.26 bits per heavy atom. The van der Waals surface area contributed by atoms with Crippen LogP contribution in [-0.2, 0) is 0 Å². The number of nitrogens with zero attached hydrogens (tertiary/aromatic N) is 1. The molecule has 0 atom stereocenters. The number of aromatic nitrogens is 2. The van der Waals surface area contributed by atoms with Crippen molar-refractivity contribution in [1.29, 1.82) is 0 Å². The number of nitrogens with one attached hydrogen (secondary N) is 1. The maximum atomic E-state index is 12.9. The number of methoxy groups -OCH3 is 3. The summed E-state index contributed by atoms with van der Waals surface area (Å²) in [4.78, 5) is 28.3. The van der Waals surface area contributed by atoms with Gasteiger partial charge in [0.25, 0.3) is 0 Å². The van der Waals surface area contributed by atoms with Crippen LogP contribution in [0.15, 0.2) is 77.7 Å². The molecule has 0 saturated carbocycles. The molecule has 0 bridgehead atoms. The zero-order valence-electron chi connectivity index (χ0n) is 19.4. The fraction of sp³-hybridized carbons (Fsp3) is 0.111. The van der Waals surface area contributed by atoms with Gasteiger partial charge in [-0.15, -0.1) is 0 Å². The number of imidazole rings is 1. The van der Waals surface area contributed by atoms with Crippen molar-refractivity contribution in [3.8, 4) is 39.9 Å². The second-order valence-corrected chi connectivity index (χ2v) is 7.60. The summed E-state index contributed by atoms with van der Waals surface area (Å²) in [5.74, 6) is 1.34. The van der Waals surface area contributed by atoms with Gasteiger partial charge in [0.2, 0.25) is 5.75 Å². The van der Waals surface area contributed by atoms with E-state index in [0.717, 1.165) is 5.56 Å². The van der Waals surface area contributed by atoms with Crippen molar-refractivity contribution in [2.45, 2.75) is 0 Å². The number of carbonyl (C=O) groups is 1. The number of ether oxygens (including phenoxy) is 3. The zero-order valence-corrected chi connectivity index (χ0v) is 19.4. The van der Waals surface area contributed by atoms with E-state index < -0.39 is 0 Å². The van der Waals surface area contributed by atoms with Crippen LogP contribution in [0.2, 0.25) is 0 Å². The maximum Gasteiger partial charge on any atom is 0.330 e. The van der Waals surface area contributed by atoms with Crippen LogP contribution in [0.25, 0.3) is 23.0 Å². The van der Waals surface area contributed by atoms with Crippen molar-refractivity contribution in [3.63, 3.8) is 0 Å². The van der Waals surface area contributed by atoms with E-state index in [1.165, 1.54) is 32.0 Å². The minimum absolute atomic E-state index is 0.140. The summed E-state index contributed by atoms with van der Waals surface area (Å²) in [5, 5.41) is 9.48. The van der Waals surface area contributed by atoms with Crippen LogP contribution >= 0.6 is 0 Å². The molecule has 1 heterocycles. The topological polar surface area (TPSA) is 103 Å². The fourth-order valence-electron chi connectivity index (χ4n) is 3.65. The Labute approximate surface area is 201 Å². The Morgan fingerprint density at radius 1 is 0.943 bits per heavy atom. The molecule has 8 nitrogen and oxygen atoms in total. The number of hydrogen-bond donors (Lipinski definition) is 2. The van der Waals surface area contributed by atoms with Crippen LogP contribution in [-0.4, -0.2) is 41.8 Å². The Hall–Kier alpha value is -4.72. The van der Waals surface area contributed by atoms with E-state index in [1.54, 1.807) is 72.9 Å². The number of aromatic amines is 1. The molecule has 0 radical (unpaired) electrons. The van der Waals surface area contributed by atoms with E-state index in [0.29, 0.717) is 39.8 Å². The largest absolute Gasteiger partial charge is 0.508 e. The lowest BCUT2D eigenvalue weighted by Gasteiger charge is -2.12. The number of phenolic OH excluding ortho intramolecular Hbond substituents is 1. The van der Waals surface area contributed by atoms with Crippen LogP contribution < -0.4 is 19.9 Å². The summed E-state index contributed by atoms with van der Waals surface area (Å²) in [7, 11) is 4.57. The molecule has 2 N–H and O–H groups in total. The van der Waals surface area contributed by atoms with Gasteiger partial charge in [0.15, 0.2) is 17.3 Å². The van der Waals surface area contributed by atoms with Crippen molar-refractivity contribution in [2.75, 3.05) is 21.3 Å². The second-order valence-electron chi connectivity index (χ2n) is 7.60. The van der Waals surface area contributed by atoms with Gasteiger partial charge >= 0.3 is 5.69 Å². The van der Waals surface area contributed by atoms with Crippen molar-refractivity contribution < 1.29 is 24.1 Å². The summed E-state index contributed by atoms with van der Waals surface area (Å²) >= 11 is 0. The number of phenols is 1. The quantitative estimate of drug-likeness (QED) is 0.290. The molecule has 35 heavy (non-hydrogen) atoms. The van der Waals surface area contributed by atoms with E-state index in [-0.39, 0.29) is 17.2 Å². The molecular formula is C27H24N2O6. The van der Waals surface area contributed by atoms with E-state index in [4.69, 9.17) is 14.2 Å². The van der Waals surface area contributed by atoms with Gasteiger partial charge in [-0.25, -0.2) is 4.79 Å². The summed E-state index contributed by atoms with van der Waals surface area (Å²) in [6.07, 6.45) is 4.76. The lowest BCUT2D eigenvalue weighted by molar-refractivity contribution is 0.104. The van der Waals surface area contributed by atoms with Crippen LogP contribution in [0.5, 0.6) is 23.0 Å². The normalized spacial score (nSPS) is 10.9. The summed E-state index contributed by atoms with van der Waals surface area (Å²) in [6, 6.07) is 16.8. The predicted molar refractivity (Wildman–Crippen MR) is 133 cm³/mol. The number of carbonyl (C=O) groups excluding carboxylic acids is 1. The molecule has 0 aliphatic heterocycles. The Morgan fingerprint density at radius 2 is 1.63 bits per heavy atom. The first-order valence-electron chi connectivity index (χ1n) is 10.7. The van der Waals surface area contributed by atoms with E-state index in [2.05, 4.69) is 4.98 Å². The average molecular weight is 472 g/mol. The molecule has 178 valence electrons. The molecule has 4 rings (SSSR count). The Balaban J connectivity index is 1.60. The number of hydrogen-bond acceptors (Lipinski definition) is 6. The summed E-state index contributed by atoms with van der Waals surface area (Å²) in [5.41, 5.74) is 2.66. The molecule has 0 unspecified atom stereocenters. The van der Waals surface area contributed by atoms with Gasteiger partial charge in [-0.3, -0.25) is 9.36 Å². The van der Waals surface area contributed by atoms with Crippen LogP contribution in [0, 0.1) is 0 Å². The monoisotopic (exact) mass is 472 g/mol. The smallest absolute Gasteiger partial charge is 0.330 e. The molecular weight excluding hydrogens is 448 g/mol. The number of aromatic hydroxyl groups is 1. The molecule has 0 spiro atoms. The number of benzene rings is 3. The zero-order chi connectivity index (χ0) is 24.9. The minimum atomic E-state index is -0.342. The molecule has 0 saturated heterocycles. The van der Waals surface area contributed by atoms with E-state index >= 15 is 0 Å². The fourth-order valence-corrected chi connectivity index (χ4v) is 3.65. The van der Waals surface area contributed by atoms with Gasteiger partial charge in [-0.1, -0.05) is 18.2 Å². The van der Waals surface area contributed by atoms with Crippen LogP contribution in [0.1, 0.15) is 15.9 Å². The van der Waals surface area contributed by atoms with Crippen LogP contribution in [0.3, 0.4) is 0 Å². The average Bonchev–Trinajstić information content (AvgIpc) is 3.28. The van der Waals surface area contributed by atoms with E-state index in [9.17, 15) is 14.7 Å². The third-order valence-electron chi connectivity index (χ3n) is 5.42. The highest BCUT2D eigenvalue weighted by molar-refractivity contribution is 6.07. The first-order chi connectivity index (χ1) is 16.9. The molecule has 4 aromatic rings. The first kappa shape index (κ1) is 23.4. The van der Waals surface area contributed by atoms with Gasteiger partial charge in [-0.2, -0.15) is 0 Å². The molecule has 3 aromatic carbocycles. The van der Waals surface area contributed by atoms with Crippen molar-refractivity contribution >= 4 is 11.9 Å². The number of rotatable bonds is 8. The van der Waals surface area contributed by atoms with Crippen molar-refractivity contribution in [2.24, 2.45) is 0 Å². The van der Waals surface area contributed by atoms with Crippen molar-refractivity contribution in [1.82, 2.24) is 9.55 Å². The third-order valence-corrected chi connectivity index (χ3v) is 5.42. The SMILES string of the molecule is COc1cc(/C=C/C(=O)c2cccc(-n3cc(-c4ccc(O)cc4)[nH]c3=O)c2)cc(OC)c1OC. The van der Waals surface area contributed by atoms with E-state index in [1.807, 2.05) is 0 Å². The summed E-state index contributed by atoms with van der Waals surface area (Å²) < 4.78 is 17.5. The standard InChI is InChI=1S/C27H24N2O6/c1-33-24-13-17(14-25(34-2)26(24)35-3)7-12-23(31)19-5-4-6-20(15-19)29-16-22(28-27(29)32)18-8-10-21(30)11-9-18/h4-16,30H,1-3H3,(H,28,32)/b12-7+. The minimum Gasteiger partial charge on any atom is -0.508 e. The molecule has 1 aromatic heterocycles. The number of H-pyrrole nitrogens is 1. The highest BCUT2D eigenvalue weighted by Crippen LogP contribution is 2.38.